The molecule has 0 radical (unpaired) electrons. The Hall–Kier alpha value is -1.24. The van der Waals surface area contributed by atoms with E-state index in [1.807, 2.05) is 0 Å². The van der Waals surface area contributed by atoms with Gasteiger partial charge in [0.05, 0.1) is 11.1 Å². The van der Waals surface area contributed by atoms with Crippen molar-refractivity contribution in [3.63, 3.8) is 0 Å². The Morgan fingerprint density at radius 3 is 2.40 bits per heavy atom. The zero-order chi connectivity index (χ0) is 11.8. The molecule has 0 spiro atoms. The predicted molar refractivity (Wildman–Crippen MR) is 56.4 cm³/mol. The lowest BCUT2D eigenvalue weighted by Crippen LogP contribution is -2.35. The van der Waals surface area contributed by atoms with Crippen LogP contribution in [0.3, 0.4) is 0 Å². The number of rotatable bonds is 6. The second-order valence-electron chi connectivity index (χ2n) is 2.80. The smallest absolute Gasteiger partial charge is 0.322 e. The first kappa shape index (κ1) is 13.8. The molecule has 0 saturated heterocycles. The monoisotopic (exact) mass is 234 g/mol. The molecule has 0 aliphatic heterocycles. The van der Waals surface area contributed by atoms with Crippen LogP contribution < -0.4 is 10.6 Å². The average Bonchev–Trinajstić information content (AvgIpc) is 2.13. The van der Waals surface area contributed by atoms with E-state index >= 15 is 0 Å². The van der Waals surface area contributed by atoms with E-state index in [-0.39, 0.29) is 18.4 Å². The molecule has 0 aromatic carbocycles. The molecule has 0 bridgehead atoms. The number of amides is 2. The Labute approximate surface area is 91.8 Å². The minimum atomic E-state index is -1.08. The van der Waals surface area contributed by atoms with Crippen LogP contribution in [0.15, 0.2) is 0 Å². The van der Waals surface area contributed by atoms with Gasteiger partial charge in [-0.2, -0.15) is 0 Å². The van der Waals surface area contributed by atoms with Crippen LogP contribution >= 0.6 is 11.8 Å². The largest absolute Gasteiger partial charge is 0.480 e. The highest BCUT2D eigenvalue weighted by atomic mass is 32.2. The number of carbonyl (C=O) groups is 3. The number of carbonyl (C=O) groups excluding carboxylic acids is 2. The molecule has 3 N–H and O–H groups in total. The van der Waals surface area contributed by atoms with Crippen LogP contribution in [0, 0.1) is 0 Å². The molecule has 1 atom stereocenters. The summed E-state index contributed by atoms with van der Waals surface area (Å²) in [5.74, 6) is -1.27. The average molecular weight is 234 g/mol. The summed E-state index contributed by atoms with van der Waals surface area (Å²) < 4.78 is 0. The Morgan fingerprint density at radius 2 is 1.93 bits per heavy atom. The number of carboxylic acids is 1. The number of nitrogens with one attached hydrogen (secondary N) is 2. The van der Waals surface area contributed by atoms with Crippen LogP contribution in [0.2, 0.25) is 0 Å². The second kappa shape index (κ2) is 7.10. The Bertz CT molecular complexity index is 257. The van der Waals surface area contributed by atoms with Crippen molar-refractivity contribution in [3.8, 4) is 0 Å². The van der Waals surface area contributed by atoms with Crippen LogP contribution in [-0.4, -0.2) is 40.6 Å². The van der Waals surface area contributed by atoms with E-state index in [1.54, 1.807) is 6.92 Å². The number of hydrogen-bond acceptors (Lipinski definition) is 4. The van der Waals surface area contributed by atoms with Gasteiger partial charge in [-0.05, 0) is 6.92 Å². The van der Waals surface area contributed by atoms with Crippen LogP contribution in [0.4, 0.5) is 0 Å². The van der Waals surface area contributed by atoms with Crippen LogP contribution in [0.25, 0.3) is 0 Å². The Balaban J connectivity index is 3.69. The van der Waals surface area contributed by atoms with Gasteiger partial charge in [-0.25, -0.2) is 0 Å². The van der Waals surface area contributed by atoms with Gasteiger partial charge in [-0.3, -0.25) is 14.4 Å². The second-order valence-corrected chi connectivity index (χ2v) is 4.13. The van der Waals surface area contributed by atoms with Gasteiger partial charge in [0.25, 0.3) is 0 Å². The van der Waals surface area contributed by atoms with Crippen molar-refractivity contribution in [1.82, 2.24) is 10.6 Å². The summed E-state index contributed by atoms with van der Waals surface area (Å²) >= 11 is 1.23. The van der Waals surface area contributed by atoms with E-state index in [9.17, 15) is 14.4 Å². The lowest BCUT2D eigenvalue weighted by atomic mass is 10.4. The number of thioether (sulfide) groups is 1. The molecule has 7 heteroatoms. The maximum Gasteiger partial charge on any atom is 0.322 e. The molecule has 0 heterocycles. The summed E-state index contributed by atoms with van der Waals surface area (Å²) in [7, 11) is 0. The quantitative estimate of drug-likeness (QED) is 0.533. The summed E-state index contributed by atoms with van der Waals surface area (Å²) in [4.78, 5) is 31.9. The fraction of sp³-hybridized carbons (Fsp3) is 0.625. The molecule has 0 aliphatic carbocycles. The first-order chi connectivity index (χ1) is 6.93. The van der Waals surface area contributed by atoms with Gasteiger partial charge in [-0.1, -0.05) is 0 Å². The zero-order valence-corrected chi connectivity index (χ0v) is 9.39. The fourth-order valence-corrected chi connectivity index (χ4v) is 1.42. The van der Waals surface area contributed by atoms with Crippen LogP contribution in [-0.2, 0) is 14.4 Å². The molecule has 0 fully saturated rings. The lowest BCUT2D eigenvalue weighted by Gasteiger charge is -2.10. The Kier molecular flexibility index (Phi) is 6.52. The number of hydrogen-bond donors (Lipinski definition) is 3. The maximum atomic E-state index is 11.2. The summed E-state index contributed by atoms with van der Waals surface area (Å²) in [6.07, 6.45) is 0. The van der Waals surface area contributed by atoms with E-state index < -0.39 is 11.2 Å². The lowest BCUT2D eigenvalue weighted by molar-refractivity contribution is -0.137. The van der Waals surface area contributed by atoms with Crippen molar-refractivity contribution in [2.24, 2.45) is 0 Å². The molecule has 2 amide bonds. The normalized spacial score (nSPS) is 11.6. The number of carboxylic acid groups (broad SMARTS) is 1. The van der Waals surface area contributed by atoms with E-state index in [1.165, 1.54) is 18.7 Å². The molecular formula is C8H14N2O4S. The SMILES string of the molecule is CC(=O)NCS[C@@H](C)C(=O)NCC(=O)O. The van der Waals surface area contributed by atoms with Crippen molar-refractivity contribution >= 4 is 29.5 Å². The van der Waals surface area contributed by atoms with Gasteiger partial charge in [0.2, 0.25) is 11.8 Å². The highest BCUT2D eigenvalue weighted by molar-refractivity contribution is 8.00. The van der Waals surface area contributed by atoms with Gasteiger partial charge in [0.15, 0.2) is 0 Å². The first-order valence-electron chi connectivity index (χ1n) is 4.29. The Morgan fingerprint density at radius 1 is 1.33 bits per heavy atom. The summed E-state index contributed by atoms with van der Waals surface area (Å²) in [6.45, 7) is 2.64. The fourth-order valence-electron chi connectivity index (χ4n) is 0.650. The van der Waals surface area contributed by atoms with E-state index in [0.717, 1.165) is 0 Å². The van der Waals surface area contributed by atoms with E-state index in [4.69, 9.17) is 5.11 Å². The van der Waals surface area contributed by atoms with Crippen molar-refractivity contribution < 1.29 is 19.5 Å². The summed E-state index contributed by atoms with van der Waals surface area (Å²) in [5, 5.41) is 12.7. The molecule has 86 valence electrons. The third-order valence-electron chi connectivity index (χ3n) is 1.44. The van der Waals surface area contributed by atoms with Gasteiger partial charge in [-0.15, -0.1) is 11.8 Å². The molecule has 0 aromatic rings. The minimum absolute atomic E-state index is 0.166. The van der Waals surface area contributed by atoms with Crippen molar-refractivity contribution in [3.05, 3.63) is 0 Å². The molecule has 6 nitrogen and oxygen atoms in total. The van der Waals surface area contributed by atoms with Crippen molar-refractivity contribution in [2.75, 3.05) is 12.4 Å². The zero-order valence-electron chi connectivity index (χ0n) is 8.57. The van der Waals surface area contributed by atoms with Gasteiger partial charge < -0.3 is 15.7 Å². The van der Waals surface area contributed by atoms with E-state index in [2.05, 4.69) is 10.6 Å². The van der Waals surface area contributed by atoms with Crippen LogP contribution in [0.1, 0.15) is 13.8 Å². The molecule has 0 aliphatic rings. The van der Waals surface area contributed by atoms with Crippen LogP contribution in [0.5, 0.6) is 0 Å². The standard InChI is InChI=1S/C8H14N2O4S/c1-5(15-4-10-6(2)11)8(14)9-3-7(12)13/h5H,3-4H2,1-2H3,(H,9,14)(H,10,11)(H,12,13)/t5-/m0/s1. The first-order valence-corrected chi connectivity index (χ1v) is 5.34. The molecule has 0 rings (SSSR count). The highest BCUT2D eigenvalue weighted by Crippen LogP contribution is 2.07. The van der Waals surface area contributed by atoms with Gasteiger partial charge in [0, 0.05) is 6.92 Å². The van der Waals surface area contributed by atoms with E-state index in [0.29, 0.717) is 5.88 Å². The third-order valence-corrected chi connectivity index (χ3v) is 2.46. The molecule has 15 heavy (non-hydrogen) atoms. The summed E-state index contributed by atoms with van der Waals surface area (Å²) in [6, 6.07) is 0. The third kappa shape index (κ3) is 7.80. The highest BCUT2D eigenvalue weighted by Gasteiger charge is 2.13. The predicted octanol–water partition coefficient (Wildman–Crippen LogP) is -0.597. The molecular weight excluding hydrogens is 220 g/mol. The van der Waals surface area contributed by atoms with Gasteiger partial charge in [0.1, 0.15) is 6.54 Å². The molecule has 0 aromatic heterocycles. The maximum absolute atomic E-state index is 11.2. The molecule has 0 saturated carbocycles. The molecule has 0 unspecified atom stereocenters. The van der Waals surface area contributed by atoms with Crippen molar-refractivity contribution in [2.45, 2.75) is 19.1 Å². The van der Waals surface area contributed by atoms with Gasteiger partial charge >= 0.3 is 5.97 Å². The number of aliphatic carboxylic acids is 1. The summed E-state index contributed by atoms with van der Waals surface area (Å²) in [5.41, 5.74) is 0. The van der Waals surface area contributed by atoms with Crippen molar-refractivity contribution in [1.29, 1.82) is 0 Å². The minimum Gasteiger partial charge on any atom is -0.480 e. The topological polar surface area (TPSA) is 95.5 Å².